The second-order valence-electron chi connectivity index (χ2n) is 3.71. The molecule has 1 heterocycles. The molecule has 0 aliphatic heterocycles. The van der Waals surface area contributed by atoms with Gasteiger partial charge in [0, 0.05) is 25.4 Å². The fraction of sp³-hybridized carbons (Fsp3) is 0.583. The zero-order chi connectivity index (χ0) is 12.0. The predicted octanol–water partition coefficient (Wildman–Crippen LogP) is 2.68. The van der Waals surface area contributed by atoms with E-state index in [1.54, 1.807) is 13.3 Å². The van der Waals surface area contributed by atoms with Crippen LogP contribution in [-0.2, 0) is 10.6 Å². The molecule has 1 atom stereocenters. The Bertz CT molecular complexity index is 320. The van der Waals surface area contributed by atoms with Gasteiger partial charge in [-0.3, -0.25) is 0 Å². The van der Waals surface area contributed by atoms with Crippen molar-refractivity contribution in [2.24, 2.45) is 0 Å². The molecule has 0 saturated heterocycles. The summed E-state index contributed by atoms with van der Waals surface area (Å²) >= 11 is 5.92. The Hall–Kier alpha value is -0.800. The lowest BCUT2D eigenvalue weighted by molar-refractivity contribution is 0.181. The first-order valence-corrected chi connectivity index (χ1v) is 6.03. The monoisotopic (exact) mass is 242 g/mol. The highest BCUT2D eigenvalue weighted by Gasteiger charge is 2.16. The highest BCUT2D eigenvalue weighted by molar-refractivity contribution is 6.17. The van der Waals surface area contributed by atoms with Crippen molar-refractivity contribution >= 4 is 17.4 Å². The summed E-state index contributed by atoms with van der Waals surface area (Å²) in [6.45, 7) is 5.82. The molecule has 1 rings (SSSR count). The van der Waals surface area contributed by atoms with Crippen LogP contribution in [0.25, 0.3) is 0 Å². The maximum Gasteiger partial charge on any atom is 0.133 e. The van der Waals surface area contributed by atoms with E-state index in [4.69, 9.17) is 16.3 Å². The molecule has 1 unspecified atom stereocenters. The zero-order valence-electron chi connectivity index (χ0n) is 10.1. The van der Waals surface area contributed by atoms with Crippen LogP contribution in [0.4, 0.5) is 5.82 Å². The molecule has 16 heavy (non-hydrogen) atoms. The van der Waals surface area contributed by atoms with Crippen LogP contribution < -0.4 is 4.90 Å². The van der Waals surface area contributed by atoms with Gasteiger partial charge < -0.3 is 9.64 Å². The predicted molar refractivity (Wildman–Crippen MR) is 68.2 cm³/mol. The van der Waals surface area contributed by atoms with E-state index in [-0.39, 0.29) is 0 Å². The summed E-state index contributed by atoms with van der Waals surface area (Å²) in [6, 6.07) is 4.22. The Kier molecular flexibility index (Phi) is 5.56. The van der Waals surface area contributed by atoms with Gasteiger partial charge in [-0.2, -0.15) is 0 Å². The lowest BCUT2D eigenvalue weighted by Gasteiger charge is -2.30. The summed E-state index contributed by atoms with van der Waals surface area (Å²) in [4.78, 5) is 6.62. The number of aromatic nitrogens is 1. The lowest BCUT2D eigenvalue weighted by atomic mass is 10.2. The number of hydrogen-bond acceptors (Lipinski definition) is 3. The first-order valence-electron chi connectivity index (χ1n) is 5.50. The maximum atomic E-state index is 5.92. The number of anilines is 1. The third-order valence-corrected chi connectivity index (χ3v) is 2.85. The van der Waals surface area contributed by atoms with Gasteiger partial charge in [0.1, 0.15) is 5.82 Å². The van der Waals surface area contributed by atoms with Gasteiger partial charge in [0.2, 0.25) is 0 Å². The van der Waals surface area contributed by atoms with Crippen molar-refractivity contribution < 1.29 is 4.74 Å². The summed E-state index contributed by atoms with van der Waals surface area (Å²) in [6.07, 6.45) is 1.80. The van der Waals surface area contributed by atoms with E-state index in [1.807, 2.05) is 12.1 Å². The number of alkyl halides is 1. The van der Waals surface area contributed by atoms with Crippen molar-refractivity contribution in [3.63, 3.8) is 0 Å². The molecule has 0 amide bonds. The van der Waals surface area contributed by atoms with Gasteiger partial charge in [-0.25, -0.2) is 4.98 Å². The molecule has 1 aromatic heterocycles. The summed E-state index contributed by atoms with van der Waals surface area (Å²) in [5, 5.41) is 0. The first kappa shape index (κ1) is 13.3. The molecule has 0 saturated carbocycles. The Balaban J connectivity index is 2.93. The number of hydrogen-bond donors (Lipinski definition) is 0. The minimum absolute atomic E-state index is 0.298. The molecule has 3 nitrogen and oxygen atoms in total. The van der Waals surface area contributed by atoms with Crippen molar-refractivity contribution in [2.75, 3.05) is 25.2 Å². The van der Waals surface area contributed by atoms with Crippen LogP contribution in [0.1, 0.15) is 19.4 Å². The summed E-state index contributed by atoms with van der Waals surface area (Å²) in [5.74, 6) is 1.45. The molecule has 0 aliphatic rings. The van der Waals surface area contributed by atoms with Gasteiger partial charge >= 0.3 is 0 Å². The van der Waals surface area contributed by atoms with Gasteiger partial charge in [-0.15, -0.1) is 11.6 Å². The van der Waals surface area contributed by atoms with Crippen LogP contribution in [0.5, 0.6) is 0 Å². The fourth-order valence-corrected chi connectivity index (χ4v) is 2.00. The van der Waals surface area contributed by atoms with Crippen molar-refractivity contribution in [2.45, 2.75) is 25.8 Å². The quantitative estimate of drug-likeness (QED) is 0.718. The molecule has 0 spiro atoms. The number of halogens is 1. The molecule has 4 heteroatoms. The third kappa shape index (κ3) is 3.09. The van der Waals surface area contributed by atoms with Crippen molar-refractivity contribution in [1.29, 1.82) is 0 Å². The maximum absolute atomic E-state index is 5.92. The van der Waals surface area contributed by atoms with Crippen LogP contribution in [-0.4, -0.2) is 31.3 Å². The van der Waals surface area contributed by atoms with Gasteiger partial charge in [0.05, 0.1) is 18.5 Å². The molecule has 90 valence electrons. The third-order valence-electron chi connectivity index (χ3n) is 2.56. The number of pyridine rings is 1. The Labute approximate surface area is 102 Å². The van der Waals surface area contributed by atoms with Crippen molar-refractivity contribution in [1.82, 2.24) is 4.98 Å². The van der Waals surface area contributed by atoms with Crippen LogP contribution in [0.2, 0.25) is 0 Å². The van der Waals surface area contributed by atoms with Crippen LogP contribution in [0, 0.1) is 0 Å². The molecule has 1 aromatic rings. The topological polar surface area (TPSA) is 25.4 Å². The van der Waals surface area contributed by atoms with E-state index >= 15 is 0 Å². The molecule has 0 aromatic carbocycles. The molecule has 0 aliphatic carbocycles. The van der Waals surface area contributed by atoms with Gasteiger partial charge in [-0.1, -0.05) is 6.07 Å². The molecule has 0 fully saturated rings. The number of likely N-dealkylation sites (N-methyl/N-ethyl adjacent to an activating group) is 1. The number of methoxy groups -OCH3 is 1. The van der Waals surface area contributed by atoms with Crippen LogP contribution in [0.15, 0.2) is 18.3 Å². The SMILES string of the molecule is CCN(c1ncccc1CCl)C(C)COC. The largest absolute Gasteiger partial charge is 0.383 e. The highest BCUT2D eigenvalue weighted by atomic mass is 35.5. The summed E-state index contributed by atoms with van der Waals surface area (Å²) < 4.78 is 5.18. The average Bonchev–Trinajstić information content (AvgIpc) is 2.31. The summed E-state index contributed by atoms with van der Waals surface area (Å²) in [7, 11) is 1.71. The second-order valence-corrected chi connectivity index (χ2v) is 3.98. The van der Waals surface area contributed by atoms with E-state index < -0.39 is 0 Å². The normalized spacial score (nSPS) is 12.5. The smallest absolute Gasteiger partial charge is 0.133 e. The van der Waals surface area contributed by atoms with E-state index in [0.29, 0.717) is 18.5 Å². The van der Waals surface area contributed by atoms with Crippen LogP contribution >= 0.6 is 11.6 Å². The Morgan fingerprint density at radius 3 is 2.88 bits per heavy atom. The first-order chi connectivity index (χ1) is 7.74. The minimum Gasteiger partial charge on any atom is -0.383 e. The summed E-state index contributed by atoms with van der Waals surface area (Å²) in [5.41, 5.74) is 1.06. The van der Waals surface area contributed by atoms with E-state index in [9.17, 15) is 0 Å². The number of rotatable bonds is 6. The lowest BCUT2D eigenvalue weighted by Crippen LogP contribution is -2.37. The van der Waals surface area contributed by atoms with Crippen molar-refractivity contribution in [3.8, 4) is 0 Å². The standard InChI is InChI=1S/C12H19ClN2O/c1-4-15(10(2)9-16-3)12-11(8-13)6-5-7-14-12/h5-7,10H,4,8-9H2,1-3H3. The van der Waals surface area contributed by atoms with E-state index in [1.165, 1.54) is 0 Å². The molecular weight excluding hydrogens is 224 g/mol. The zero-order valence-corrected chi connectivity index (χ0v) is 10.9. The van der Waals surface area contributed by atoms with E-state index in [0.717, 1.165) is 17.9 Å². The van der Waals surface area contributed by atoms with E-state index in [2.05, 4.69) is 23.7 Å². The number of ether oxygens (including phenoxy) is 1. The van der Waals surface area contributed by atoms with Gasteiger partial charge in [0.25, 0.3) is 0 Å². The molecule has 0 N–H and O–H groups in total. The highest BCUT2D eigenvalue weighted by Crippen LogP contribution is 2.20. The number of nitrogens with zero attached hydrogens (tertiary/aromatic N) is 2. The van der Waals surface area contributed by atoms with Crippen LogP contribution in [0.3, 0.4) is 0 Å². The van der Waals surface area contributed by atoms with Gasteiger partial charge in [0.15, 0.2) is 0 Å². The fourth-order valence-electron chi connectivity index (χ4n) is 1.79. The average molecular weight is 243 g/mol. The Morgan fingerprint density at radius 2 is 2.31 bits per heavy atom. The van der Waals surface area contributed by atoms with Crippen molar-refractivity contribution in [3.05, 3.63) is 23.9 Å². The second kappa shape index (κ2) is 6.71. The molecular formula is C12H19ClN2O. The molecule has 0 radical (unpaired) electrons. The Morgan fingerprint density at radius 1 is 1.56 bits per heavy atom. The molecule has 0 bridgehead atoms. The minimum atomic E-state index is 0.298. The van der Waals surface area contributed by atoms with Gasteiger partial charge in [-0.05, 0) is 19.9 Å².